The third kappa shape index (κ3) is 3.66. The van der Waals surface area contributed by atoms with Crippen LogP contribution in [0.1, 0.15) is 43.3 Å². The summed E-state index contributed by atoms with van der Waals surface area (Å²) < 4.78 is 5.19. The Morgan fingerprint density at radius 3 is 3.04 bits per heavy atom. The summed E-state index contributed by atoms with van der Waals surface area (Å²) in [4.78, 5) is 16.8. The van der Waals surface area contributed by atoms with Crippen LogP contribution in [-0.2, 0) is 17.6 Å². The van der Waals surface area contributed by atoms with Crippen LogP contribution in [0.15, 0.2) is 39.6 Å². The smallest absolute Gasteiger partial charge is 0.248 e. The minimum atomic E-state index is -0.104. The summed E-state index contributed by atoms with van der Waals surface area (Å²) in [6, 6.07) is 6.12. The van der Waals surface area contributed by atoms with Gasteiger partial charge in [-0.25, -0.2) is 0 Å². The first-order chi connectivity index (χ1) is 12.5. The summed E-state index contributed by atoms with van der Waals surface area (Å²) in [6.07, 6.45) is 4.15. The topological polar surface area (TPSA) is 83.6 Å². The standard InChI is InChI=1S/C19H23N5O2/c1-5-17-22-18(23-26-17)14-6-8-15-13(10-14)7-9-16(15)21-19(25)12(2)11-24(4)20-3/h6,8,10-11,16H,3,5,7,9H2,1-2,4H3,(H,21,25)/b12-11+/t16-/m1/s1. The van der Waals surface area contributed by atoms with Gasteiger partial charge in [0, 0.05) is 37.5 Å². The first-order valence-corrected chi connectivity index (χ1v) is 8.66. The molecule has 0 bridgehead atoms. The number of aromatic nitrogens is 2. The van der Waals surface area contributed by atoms with Crippen LogP contribution in [0.4, 0.5) is 0 Å². The van der Waals surface area contributed by atoms with E-state index in [1.54, 1.807) is 20.2 Å². The number of benzene rings is 1. The highest BCUT2D eigenvalue weighted by Gasteiger charge is 2.25. The second kappa shape index (κ2) is 7.51. The molecule has 0 saturated carbocycles. The van der Waals surface area contributed by atoms with Gasteiger partial charge in [0.05, 0.1) is 6.04 Å². The first kappa shape index (κ1) is 17.8. The predicted octanol–water partition coefficient (Wildman–Crippen LogP) is 2.85. The number of hydrogen-bond acceptors (Lipinski definition) is 6. The van der Waals surface area contributed by atoms with E-state index in [-0.39, 0.29) is 11.9 Å². The highest BCUT2D eigenvalue weighted by Crippen LogP contribution is 2.33. The summed E-state index contributed by atoms with van der Waals surface area (Å²) in [7, 11) is 1.73. The summed E-state index contributed by atoms with van der Waals surface area (Å²) >= 11 is 0. The number of nitrogens with one attached hydrogen (secondary N) is 1. The zero-order valence-corrected chi connectivity index (χ0v) is 15.3. The van der Waals surface area contributed by atoms with Crippen molar-refractivity contribution in [1.82, 2.24) is 20.5 Å². The van der Waals surface area contributed by atoms with Gasteiger partial charge in [-0.2, -0.15) is 10.1 Å². The minimum Gasteiger partial charge on any atom is -0.345 e. The van der Waals surface area contributed by atoms with Crippen molar-refractivity contribution in [3.05, 3.63) is 47.0 Å². The SMILES string of the molecule is C=NN(C)/C=C(\C)C(=O)N[C@@H]1CCc2cc(-c3noc(CC)n3)ccc21. The highest BCUT2D eigenvalue weighted by molar-refractivity contribution is 5.93. The molecule has 136 valence electrons. The first-order valence-electron chi connectivity index (χ1n) is 8.66. The molecule has 1 heterocycles. The fourth-order valence-electron chi connectivity index (χ4n) is 3.07. The van der Waals surface area contributed by atoms with E-state index in [2.05, 4.69) is 33.3 Å². The molecule has 0 radical (unpaired) electrons. The lowest BCUT2D eigenvalue weighted by Crippen LogP contribution is -2.28. The Morgan fingerprint density at radius 1 is 1.54 bits per heavy atom. The Kier molecular flexibility index (Phi) is 5.16. The summed E-state index contributed by atoms with van der Waals surface area (Å²) in [5, 5.41) is 12.4. The van der Waals surface area contributed by atoms with Crippen LogP contribution < -0.4 is 5.32 Å². The van der Waals surface area contributed by atoms with E-state index in [1.807, 2.05) is 19.1 Å². The predicted molar refractivity (Wildman–Crippen MR) is 99.4 cm³/mol. The molecule has 7 heteroatoms. The lowest BCUT2D eigenvalue weighted by Gasteiger charge is -2.15. The maximum Gasteiger partial charge on any atom is 0.248 e. The number of fused-ring (bicyclic) bond motifs is 1. The van der Waals surface area contributed by atoms with Crippen molar-refractivity contribution in [3.63, 3.8) is 0 Å². The monoisotopic (exact) mass is 353 g/mol. The van der Waals surface area contributed by atoms with Crippen LogP contribution >= 0.6 is 0 Å². The summed E-state index contributed by atoms with van der Waals surface area (Å²) in [5.41, 5.74) is 3.88. The number of aryl methyl sites for hydroxylation is 2. The van der Waals surface area contributed by atoms with Crippen LogP contribution in [0.3, 0.4) is 0 Å². The average Bonchev–Trinajstić information content (AvgIpc) is 3.28. The molecular formula is C19H23N5O2. The molecule has 1 aliphatic carbocycles. The number of nitrogens with zero attached hydrogens (tertiary/aromatic N) is 4. The molecular weight excluding hydrogens is 330 g/mol. The van der Waals surface area contributed by atoms with Crippen molar-refractivity contribution in [2.24, 2.45) is 5.10 Å². The second-order valence-corrected chi connectivity index (χ2v) is 6.37. The zero-order chi connectivity index (χ0) is 18.7. The van der Waals surface area contributed by atoms with E-state index in [1.165, 1.54) is 10.6 Å². The van der Waals surface area contributed by atoms with Gasteiger partial charge in [0.2, 0.25) is 17.6 Å². The van der Waals surface area contributed by atoms with Crippen molar-refractivity contribution < 1.29 is 9.32 Å². The fraction of sp³-hybridized carbons (Fsp3) is 0.368. The average molecular weight is 353 g/mol. The lowest BCUT2D eigenvalue weighted by atomic mass is 10.0. The van der Waals surface area contributed by atoms with E-state index in [9.17, 15) is 4.79 Å². The minimum absolute atomic E-state index is 0.00775. The second-order valence-electron chi connectivity index (χ2n) is 6.37. The molecule has 0 aliphatic heterocycles. The molecule has 3 rings (SSSR count). The van der Waals surface area contributed by atoms with Crippen molar-refractivity contribution in [3.8, 4) is 11.4 Å². The van der Waals surface area contributed by atoms with E-state index in [0.717, 1.165) is 30.4 Å². The van der Waals surface area contributed by atoms with E-state index < -0.39 is 0 Å². The molecule has 2 aromatic rings. The Morgan fingerprint density at radius 2 is 2.35 bits per heavy atom. The number of carbonyl (C=O) groups excluding carboxylic acids is 1. The number of hydrogen-bond donors (Lipinski definition) is 1. The Labute approximate surface area is 152 Å². The van der Waals surface area contributed by atoms with Crippen LogP contribution in [-0.4, -0.2) is 34.8 Å². The molecule has 0 spiro atoms. The summed E-state index contributed by atoms with van der Waals surface area (Å²) in [6.45, 7) is 7.17. The maximum absolute atomic E-state index is 12.4. The van der Waals surface area contributed by atoms with Crippen LogP contribution in [0.5, 0.6) is 0 Å². The molecule has 0 fully saturated rings. The lowest BCUT2D eigenvalue weighted by molar-refractivity contribution is -0.118. The van der Waals surface area contributed by atoms with E-state index in [4.69, 9.17) is 4.52 Å². The number of amides is 1. The van der Waals surface area contributed by atoms with Gasteiger partial charge in [0.25, 0.3) is 0 Å². The van der Waals surface area contributed by atoms with Gasteiger partial charge in [-0.15, -0.1) is 0 Å². The zero-order valence-electron chi connectivity index (χ0n) is 15.3. The third-order valence-corrected chi connectivity index (χ3v) is 4.52. The molecule has 1 aromatic carbocycles. The summed E-state index contributed by atoms with van der Waals surface area (Å²) in [5.74, 6) is 1.14. The number of carbonyl (C=O) groups is 1. The highest BCUT2D eigenvalue weighted by atomic mass is 16.5. The molecule has 26 heavy (non-hydrogen) atoms. The van der Waals surface area contributed by atoms with Crippen molar-refractivity contribution in [1.29, 1.82) is 0 Å². The largest absolute Gasteiger partial charge is 0.345 e. The van der Waals surface area contributed by atoms with Gasteiger partial charge in [0.15, 0.2) is 0 Å². The van der Waals surface area contributed by atoms with Crippen molar-refractivity contribution in [2.75, 3.05) is 7.05 Å². The molecule has 0 saturated heterocycles. The Hall–Kier alpha value is -2.96. The van der Waals surface area contributed by atoms with Crippen molar-refractivity contribution >= 4 is 12.6 Å². The van der Waals surface area contributed by atoms with Gasteiger partial charge in [-0.1, -0.05) is 24.2 Å². The maximum atomic E-state index is 12.4. The third-order valence-electron chi connectivity index (χ3n) is 4.52. The molecule has 1 atom stereocenters. The fourth-order valence-corrected chi connectivity index (χ4v) is 3.07. The molecule has 1 aromatic heterocycles. The van der Waals surface area contributed by atoms with Crippen LogP contribution in [0, 0.1) is 0 Å². The van der Waals surface area contributed by atoms with Gasteiger partial charge >= 0.3 is 0 Å². The van der Waals surface area contributed by atoms with Crippen molar-refractivity contribution in [2.45, 2.75) is 39.2 Å². The van der Waals surface area contributed by atoms with Crippen LogP contribution in [0.2, 0.25) is 0 Å². The molecule has 1 aliphatic rings. The molecule has 0 unspecified atom stereocenters. The Bertz CT molecular complexity index is 855. The van der Waals surface area contributed by atoms with E-state index in [0.29, 0.717) is 17.3 Å². The van der Waals surface area contributed by atoms with Gasteiger partial charge in [-0.3, -0.25) is 9.80 Å². The number of hydrazone groups is 1. The Balaban J connectivity index is 1.75. The van der Waals surface area contributed by atoms with E-state index >= 15 is 0 Å². The van der Waals surface area contributed by atoms with Gasteiger partial charge in [0.1, 0.15) is 0 Å². The number of rotatable bonds is 6. The van der Waals surface area contributed by atoms with Gasteiger partial charge < -0.3 is 9.84 Å². The normalized spacial score (nSPS) is 16.3. The molecule has 1 N–H and O–H groups in total. The van der Waals surface area contributed by atoms with Gasteiger partial charge in [-0.05, 0) is 37.0 Å². The molecule has 1 amide bonds. The molecule has 7 nitrogen and oxygen atoms in total. The quantitative estimate of drug-likeness (QED) is 0.490. The van der Waals surface area contributed by atoms with Crippen LogP contribution in [0.25, 0.3) is 11.4 Å².